The van der Waals surface area contributed by atoms with Crippen molar-refractivity contribution in [3.8, 4) is 0 Å². The summed E-state index contributed by atoms with van der Waals surface area (Å²) in [7, 11) is 0. The van der Waals surface area contributed by atoms with E-state index in [2.05, 4.69) is 0 Å². The van der Waals surface area contributed by atoms with Gasteiger partial charge in [0, 0.05) is 23.4 Å². The average molecular weight is 224 g/mol. The van der Waals surface area contributed by atoms with Crippen LogP contribution in [0.3, 0.4) is 0 Å². The lowest BCUT2D eigenvalue weighted by Gasteiger charge is -2.10. The van der Waals surface area contributed by atoms with E-state index in [1.165, 1.54) is 0 Å². The lowest BCUT2D eigenvalue weighted by molar-refractivity contribution is -0.123. The molecular weight excluding hydrogens is 210 g/mol. The number of rotatable bonds is 4. The number of hydrogen-bond acceptors (Lipinski definition) is 2. The van der Waals surface area contributed by atoms with Gasteiger partial charge in [0.25, 0.3) is 0 Å². The number of nitrogens with two attached hydrogens (primary N) is 1. The molecule has 0 spiro atoms. The van der Waals surface area contributed by atoms with Crippen molar-refractivity contribution in [1.82, 2.24) is 0 Å². The monoisotopic (exact) mass is 223 g/mol. The Labute approximate surface area is 94.4 Å². The third-order valence-corrected chi connectivity index (χ3v) is 3.37. The standard InChI is InChI=1S/C12H14ClNO/c13-10-3-1-9(2-4-10)7-11(15)12(8-14)5-6-12/h1-4H,5-8,14H2. The van der Waals surface area contributed by atoms with E-state index in [-0.39, 0.29) is 11.2 Å². The van der Waals surface area contributed by atoms with Crippen molar-refractivity contribution in [3.05, 3.63) is 34.9 Å². The second-order valence-corrected chi connectivity index (χ2v) is 4.65. The van der Waals surface area contributed by atoms with E-state index in [9.17, 15) is 4.79 Å². The Balaban J connectivity index is 2.03. The molecule has 0 amide bonds. The Morgan fingerprint density at radius 3 is 2.40 bits per heavy atom. The third-order valence-electron chi connectivity index (χ3n) is 3.11. The first-order valence-electron chi connectivity index (χ1n) is 5.14. The molecule has 3 heteroatoms. The molecule has 2 rings (SSSR count). The maximum atomic E-state index is 11.9. The van der Waals surface area contributed by atoms with Gasteiger partial charge in [-0.05, 0) is 30.5 Å². The minimum Gasteiger partial charge on any atom is -0.329 e. The fourth-order valence-electron chi connectivity index (χ4n) is 1.72. The van der Waals surface area contributed by atoms with Gasteiger partial charge in [0.2, 0.25) is 0 Å². The van der Waals surface area contributed by atoms with Gasteiger partial charge in [-0.2, -0.15) is 0 Å². The molecule has 1 aliphatic carbocycles. The van der Waals surface area contributed by atoms with Gasteiger partial charge in [0.1, 0.15) is 5.78 Å². The van der Waals surface area contributed by atoms with Gasteiger partial charge in [-0.1, -0.05) is 23.7 Å². The smallest absolute Gasteiger partial charge is 0.144 e. The van der Waals surface area contributed by atoms with Crippen LogP contribution in [-0.2, 0) is 11.2 Å². The van der Waals surface area contributed by atoms with Crippen LogP contribution in [0.15, 0.2) is 24.3 Å². The van der Waals surface area contributed by atoms with Crippen LogP contribution in [-0.4, -0.2) is 12.3 Å². The first kappa shape index (κ1) is 10.7. The summed E-state index contributed by atoms with van der Waals surface area (Å²) in [5.41, 5.74) is 6.43. The number of benzene rings is 1. The molecule has 0 unspecified atom stereocenters. The molecule has 80 valence electrons. The molecule has 0 aromatic heterocycles. The topological polar surface area (TPSA) is 43.1 Å². The van der Waals surface area contributed by atoms with E-state index < -0.39 is 0 Å². The summed E-state index contributed by atoms with van der Waals surface area (Å²) < 4.78 is 0. The van der Waals surface area contributed by atoms with Crippen LogP contribution >= 0.6 is 11.6 Å². The van der Waals surface area contributed by atoms with Crippen LogP contribution < -0.4 is 5.73 Å². The Kier molecular flexibility index (Phi) is 2.81. The predicted octanol–water partition coefficient (Wildman–Crippen LogP) is 2.19. The lowest BCUT2D eigenvalue weighted by Crippen LogP contribution is -2.26. The molecule has 2 nitrogen and oxygen atoms in total. The molecule has 1 saturated carbocycles. The Bertz CT molecular complexity index is 368. The van der Waals surface area contributed by atoms with E-state index in [0.29, 0.717) is 18.0 Å². The highest BCUT2D eigenvalue weighted by molar-refractivity contribution is 6.30. The highest BCUT2D eigenvalue weighted by Crippen LogP contribution is 2.46. The predicted molar refractivity (Wildman–Crippen MR) is 60.9 cm³/mol. The molecule has 0 heterocycles. The number of carbonyl (C=O) groups is 1. The van der Waals surface area contributed by atoms with Gasteiger partial charge >= 0.3 is 0 Å². The van der Waals surface area contributed by atoms with E-state index in [1.807, 2.05) is 24.3 Å². The first-order chi connectivity index (χ1) is 7.16. The Morgan fingerprint density at radius 1 is 1.33 bits per heavy atom. The fraction of sp³-hybridized carbons (Fsp3) is 0.417. The van der Waals surface area contributed by atoms with Gasteiger partial charge < -0.3 is 5.73 Å². The van der Waals surface area contributed by atoms with E-state index >= 15 is 0 Å². The van der Waals surface area contributed by atoms with E-state index in [4.69, 9.17) is 17.3 Å². The number of hydrogen-bond donors (Lipinski definition) is 1. The van der Waals surface area contributed by atoms with Crippen LogP contribution in [0.4, 0.5) is 0 Å². The second-order valence-electron chi connectivity index (χ2n) is 4.21. The zero-order valence-electron chi connectivity index (χ0n) is 8.50. The summed E-state index contributed by atoms with van der Waals surface area (Å²) in [5.74, 6) is 0.271. The molecule has 0 atom stereocenters. The van der Waals surface area contributed by atoms with Gasteiger partial charge in [-0.25, -0.2) is 0 Å². The first-order valence-corrected chi connectivity index (χ1v) is 5.52. The summed E-state index contributed by atoms with van der Waals surface area (Å²) in [6, 6.07) is 7.41. The molecule has 2 N–H and O–H groups in total. The van der Waals surface area contributed by atoms with Gasteiger partial charge in [0.15, 0.2) is 0 Å². The lowest BCUT2D eigenvalue weighted by atomic mass is 9.95. The highest BCUT2D eigenvalue weighted by atomic mass is 35.5. The molecule has 0 aliphatic heterocycles. The maximum Gasteiger partial charge on any atom is 0.144 e. The zero-order valence-corrected chi connectivity index (χ0v) is 9.26. The van der Waals surface area contributed by atoms with Crippen LogP contribution in [0.1, 0.15) is 18.4 Å². The normalized spacial score (nSPS) is 17.5. The fourth-order valence-corrected chi connectivity index (χ4v) is 1.85. The molecular formula is C12H14ClNO. The molecule has 0 saturated heterocycles. The van der Waals surface area contributed by atoms with Crippen LogP contribution in [0.25, 0.3) is 0 Å². The minimum absolute atomic E-state index is 0.195. The molecule has 1 aromatic rings. The summed E-state index contributed by atoms with van der Waals surface area (Å²) in [6.07, 6.45) is 2.39. The second kappa shape index (κ2) is 3.95. The quantitative estimate of drug-likeness (QED) is 0.851. The summed E-state index contributed by atoms with van der Waals surface area (Å²) in [5, 5.41) is 0.700. The number of Topliss-reactive ketones (excluding diaryl/α,β-unsaturated/α-hetero) is 1. The van der Waals surface area contributed by atoms with Crippen LogP contribution in [0.2, 0.25) is 5.02 Å². The SMILES string of the molecule is NCC1(C(=O)Cc2ccc(Cl)cc2)CC1. The molecule has 1 fully saturated rings. The van der Waals surface area contributed by atoms with Gasteiger partial charge in [0.05, 0.1) is 0 Å². The van der Waals surface area contributed by atoms with Crippen molar-refractivity contribution >= 4 is 17.4 Å². The Morgan fingerprint density at radius 2 is 1.93 bits per heavy atom. The van der Waals surface area contributed by atoms with Crippen molar-refractivity contribution in [2.24, 2.45) is 11.1 Å². The molecule has 0 radical (unpaired) electrons. The van der Waals surface area contributed by atoms with Crippen molar-refractivity contribution < 1.29 is 4.79 Å². The summed E-state index contributed by atoms with van der Waals surface area (Å²) >= 11 is 5.77. The highest BCUT2D eigenvalue weighted by Gasteiger charge is 2.47. The Hall–Kier alpha value is -0.860. The summed E-state index contributed by atoms with van der Waals surface area (Å²) in [6.45, 7) is 0.486. The average Bonchev–Trinajstić information content (AvgIpc) is 3.02. The van der Waals surface area contributed by atoms with Gasteiger partial charge in [-0.15, -0.1) is 0 Å². The number of ketones is 1. The van der Waals surface area contributed by atoms with Crippen molar-refractivity contribution in [2.75, 3.05) is 6.54 Å². The van der Waals surface area contributed by atoms with E-state index in [1.54, 1.807) is 0 Å². The van der Waals surface area contributed by atoms with Crippen LogP contribution in [0, 0.1) is 5.41 Å². The number of carbonyl (C=O) groups excluding carboxylic acids is 1. The third kappa shape index (κ3) is 2.21. The van der Waals surface area contributed by atoms with E-state index in [0.717, 1.165) is 18.4 Å². The molecule has 1 aliphatic rings. The maximum absolute atomic E-state index is 11.9. The van der Waals surface area contributed by atoms with Crippen molar-refractivity contribution in [1.29, 1.82) is 0 Å². The molecule has 15 heavy (non-hydrogen) atoms. The molecule has 1 aromatic carbocycles. The zero-order chi connectivity index (χ0) is 10.9. The van der Waals surface area contributed by atoms with Crippen molar-refractivity contribution in [3.63, 3.8) is 0 Å². The van der Waals surface area contributed by atoms with Crippen molar-refractivity contribution in [2.45, 2.75) is 19.3 Å². The van der Waals surface area contributed by atoms with Gasteiger partial charge in [-0.3, -0.25) is 4.79 Å². The minimum atomic E-state index is -0.195. The number of halogens is 1. The summed E-state index contributed by atoms with van der Waals surface area (Å²) in [4.78, 5) is 11.9. The molecule has 0 bridgehead atoms. The van der Waals surface area contributed by atoms with Crippen LogP contribution in [0.5, 0.6) is 0 Å². The largest absolute Gasteiger partial charge is 0.329 e.